The Labute approximate surface area is 280 Å². The molecule has 0 aliphatic heterocycles. The minimum absolute atomic E-state index is 0.0845. The first-order chi connectivity index (χ1) is 24.0. The highest BCUT2D eigenvalue weighted by atomic mass is 16.7. The smallest absolute Gasteiger partial charge is 0.366 e. The van der Waals surface area contributed by atoms with Gasteiger partial charge in [-0.15, -0.1) is 4.73 Å². The molecule has 0 aliphatic carbocycles. The van der Waals surface area contributed by atoms with E-state index in [-0.39, 0.29) is 42.2 Å². The Morgan fingerprint density at radius 2 is 1.45 bits per heavy atom. The maximum atomic E-state index is 13.1. The Morgan fingerprint density at radius 3 is 2.12 bits per heavy atom. The largest absolute Gasteiger partial charge is 0.497 e. The van der Waals surface area contributed by atoms with E-state index in [9.17, 15) is 14.4 Å². The molecular formula is C35H33N7O7. The van der Waals surface area contributed by atoms with Crippen molar-refractivity contribution < 1.29 is 23.9 Å². The summed E-state index contributed by atoms with van der Waals surface area (Å²) in [6.07, 6.45) is 5.38. The number of hydrogen-bond acceptors (Lipinski definition) is 12. The van der Waals surface area contributed by atoms with Gasteiger partial charge < -0.3 is 14.3 Å². The maximum Gasteiger partial charge on any atom is 0.366 e. The van der Waals surface area contributed by atoms with Crippen LogP contribution in [0.15, 0.2) is 120 Å². The van der Waals surface area contributed by atoms with E-state index in [0.717, 1.165) is 26.0 Å². The van der Waals surface area contributed by atoms with Gasteiger partial charge >= 0.3 is 11.7 Å². The third-order valence-corrected chi connectivity index (χ3v) is 6.92. The minimum atomic E-state index is -0.604. The van der Waals surface area contributed by atoms with E-state index in [4.69, 9.17) is 19.1 Å². The van der Waals surface area contributed by atoms with Crippen LogP contribution in [0.1, 0.15) is 34.0 Å². The Hall–Kier alpha value is -6.41. The second kappa shape index (κ2) is 16.9. The summed E-state index contributed by atoms with van der Waals surface area (Å²) in [6, 6.07) is 26.2. The number of nitrogens with one attached hydrogen (secondary N) is 1. The van der Waals surface area contributed by atoms with Gasteiger partial charge in [0.25, 0.3) is 5.56 Å². The van der Waals surface area contributed by atoms with Crippen molar-refractivity contribution in [3.05, 3.63) is 153 Å². The van der Waals surface area contributed by atoms with Gasteiger partial charge in [0.1, 0.15) is 36.0 Å². The third kappa shape index (κ3) is 8.90. The molecule has 6 rings (SSSR count). The van der Waals surface area contributed by atoms with Crippen LogP contribution < -0.4 is 26.3 Å². The summed E-state index contributed by atoms with van der Waals surface area (Å²) in [4.78, 5) is 64.5. The quantitative estimate of drug-likeness (QED) is 0.149. The SMILES string of the molecule is CCOC(=O)c1cncnc1NOCc1ccccc1.COc1ccc(Cn2c(=O)c3cncnc3n(OCc3ccccc3)c2=O)cc1. The highest BCUT2D eigenvalue weighted by Gasteiger charge is 2.16. The monoisotopic (exact) mass is 663 g/mol. The molecule has 0 fully saturated rings. The van der Waals surface area contributed by atoms with E-state index in [0.29, 0.717) is 12.4 Å². The molecule has 0 unspecified atom stereocenters. The van der Waals surface area contributed by atoms with E-state index in [1.54, 1.807) is 38.3 Å². The number of fused-ring (bicyclic) bond motifs is 1. The highest BCUT2D eigenvalue weighted by Crippen LogP contribution is 2.13. The maximum absolute atomic E-state index is 13.1. The summed E-state index contributed by atoms with van der Waals surface area (Å²) >= 11 is 0. The number of esters is 1. The molecule has 14 nitrogen and oxygen atoms in total. The fraction of sp³-hybridized carbons (Fsp3) is 0.171. The molecule has 0 bridgehead atoms. The zero-order valence-corrected chi connectivity index (χ0v) is 26.8. The first-order valence-corrected chi connectivity index (χ1v) is 15.1. The number of nitrogens with zero attached hydrogens (tertiary/aromatic N) is 6. The van der Waals surface area contributed by atoms with Gasteiger partial charge in [-0.1, -0.05) is 72.8 Å². The van der Waals surface area contributed by atoms with Crippen LogP contribution in [0, 0.1) is 0 Å². The van der Waals surface area contributed by atoms with Crippen molar-refractivity contribution in [3.63, 3.8) is 0 Å². The molecule has 0 atom stereocenters. The van der Waals surface area contributed by atoms with E-state index in [1.165, 1.54) is 25.0 Å². The summed E-state index contributed by atoms with van der Waals surface area (Å²) in [5.74, 6) is 0.491. The molecule has 0 aliphatic rings. The van der Waals surface area contributed by atoms with Crippen LogP contribution >= 0.6 is 0 Å². The van der Waals surface area contributed by atoms with Gasteiger partial charge in [-0.05, 0) is 35.7 Å². The Morgan fingerprint density at radius 1 is 0.796 bits per heavy atom. The van der Waals surface area contributed by atoms with Crippen LogP contribution in [-0.4, -0.2) is 48.9 Å². The van der Waals surface area contributed by atoms with Gasteiger partial charge in [-0.2, -0.15) is 0 Å². The Bertz CT molecular complexity index is 2090. The molecule has 250 valence electrons. The van der Waals surface area contributed by atoms with Crippen molar-refractivity contribution in [3.8, 4) is 5.75 Å². The molecule has 0 saturated heterocycles. The number of methoxy groups -OCH3 is 1. The predicted molar refractivity (Wildman–Crippen MR) is 180 cm³/mol. The molecule has 3 heterocycles. The molecular weight excluding hydrogens is 630 g/mol. The molecule has 0 spiro atoms. The first-order valence-electron chi connectivity index (χ1n) is 15.1. The van der Waals surface area contributed by atoms with Crippen LogP contribution in [-0.2, 0) is 29.3 Å². The molecule has 3 aromatic carbocycles. The summed E-state index contributed by atoms with van der Waals surface area (Å²) in [5, 5.41) is 0.202. The molecule has 0 saturated carbocycles. The van der Waals surface area contributed by atoms with Crippen LogP contribution in [0.2, 0.25) is 0 Å². The van der Waals surface area contributed by atoms with E-state index in [2.05, 4.69) is 25.4 Å². The topological polar surface area (TPSA) is 162 Å². The number of anilines is 1. The second-order valence-corrected chi connectivity index (χ2v) is 10.2. The molecule has 0 amide bonds. The van der Waals surface area contributed by atoms with Crippen LogP contribution in [0.25, 0.3) is 11.0 Å². The third-order valence-electron chi connectivity index (χ3n) is 6.92. The lowest BCUT2D eigenvalue weighted by atomic mass is 10.2. The minimum Gasteiger partial charge on any atom is -0.497 e. The van der Waals surface area contributed by atoms with Gasteiger partial charge in [0.15, 0.2) is 11.5 Å². The zero-order chi connectivity index (χ0) is 34.4. The molecule has 1 N–H and O–H groups in total. The van der Waals surface area contributed by atoms with Crippen molar-refractivity contribution in [1.82, 2.24) is 29.2 Å². The van der Waals surface area contributed by atoms with E-state index in [1.807, 2.05) is 60.7 Å². The van der Waals surface area contributed by atoms with Crippen LogP contribution in [0.4, 0.5) is 5.82 Å². The van der Waals surface area contributed by atoms with Gasteiger partial charge in [-0.25, -0.2) is 35.0 Å². The van der Waals surface area contributed by atoms with Crippen molar-refractivity contribution in [2.24, 2.45) is 0 Å². The van der Waals surface area contributed by atoms with Crippen molar-refractivity contribution in [2.45, 2.75) is 26.7 Å². The van der Waals surface area contributed by atoms with Gasteiger partial charge in [-0.3, -0.25) is 14.2 Å². The van der Waals surface area contributed by atoms with Crippen molar-refractivity contribution in [1.29, 1.82) is 0 Å². The summed E-state index contributed by atoms with van der Waals surface area (Å²) in [6.45, 7) is 2.62. The average molecular weight is 664 g/mol. The zero-order valence-electron chi connectivity index (χ0n) is 26.8. The van der Waals surface area contributed by atoms with Crippen LogP contribution in [0.5, 0.6) is 5.75 Å². The first kappa shape index (κ1) is 33.9. The number of aromatic nitrogens is 6. The lowest BCUT2D eigenvalue weighted by Gasteiger charge is -2.14. The number of carbonyl (C=O) groups excluding carboxylic acids is 1. The van der Waals surface area contributed by atoms with Crippen molar-refractivity contribution >= 4 is 22.8 Å². The number of benzene rings is 3. The average Bonchev–Trinajstić information content (AvgIpc) is 3.15. The number of hydrogen-bond donors (Lipinski definition) is 1. The Balaban J connectivity index is 0.000000205. The standard InChI is InChI=1S/C21H18N4O4.C14H15N3O3/c1-28-17-9-7-15(8-10-17)12-24-20(26)18-11-22-14-23-19(18)25(21(24)27)29-13-16-5-3-2-4-6-16;1-2-19-14(18)12-8-15-10-16-13(12)17-20-9-11-6-4-3-5-7-11/h2-11,14H,12-13H2,1H3;3-8,10H,2,9H2,1H3,(H,15,16,17). The Kier molecular flexibility index (Phi) is 11.7. The number of ether oxygens (including phenoxy) is 2. The molecule has 3 aromatic heterocycles. The summed E-state index contributed by atoms with van der Waals surface area (Å²) < 4.78 is 12.2. The predicted octanol–water partition coefficient (Wildman–Crippen LogP) is 3.84. The summed E-state index contributed by atoms with van der Waals surface area (Å²) in [5.41, 5.74) is 4.61. The highest BCUT2D eigenvalue weighted by molar-refractivity contribution is 5.94. The lowest BCUT2D eigenvalue weighted by Crippen LogP contribution is -2.43. The molecule has 0 radical (unpaired) electrons. The molecule has 14 heteroatoms. The second-order valence-electron chi connectivity index (χ2n) is 10.2. The van der Waals surface area contributed by atoms with Gasteiger partial charge in [0, 0.05) is 12.4 Å². The van der Waals surface area contributed by atoms with Gasteiger partial charge in [0.05, 0.1) is 26.9 Å². The summed E-state index contributed by atoms with van der Waals surface area (Å²) in [7, 11) is 1.57. The number of rotatable bonds is 12. The van der Waals surface area contributed by atoms with E-state index >= 15 is 0 Å². The fourth-order valence-electron chi connectivity index (χ4n) is 4.48. The van der Waals surface area contributed by atoms with E-state index < -0.39 is 17.2 Å². The van der Waals surface area contributed by atoms with Crippen molar-refractivity contribution in [2.75, 3.05) is 19.2 Å². The lowest BCUT2D eigenvalue weighted by molar-refractivity contribution is 0.0524. The molecule has 6 aromatic rings. The number of carbonyl (C=O) groups is 1. The normalized spacial score (nSPS) is 10.5. The fourth-order valence-corrected chi connectivity index (χ4v) is 4.48. The van der Waals surface area contributed by atoms with Crippen LogP contribution in [0.3, 0.4) is 0 Å². The van der Waals surface area contributed by atoms with Gasteiger partial charge in [0.2, 0.25) is 0 Å². The molecule has 49 heavy (non-hydrogen) atoms.